The number of benzene rings is 1. The van der Waals surface area contributed by atoms with Crippen molar-refractivity contribution in [3.05, 3.63) is 66.0 Å². The van der Waals surface area contributed by atoms with Crippen LogP contribution in [0.1, 0.15) is 20.7 Å². The highest BCUT2D eigenvalue weighted by atomic mass is 16.2. The van der Waals surface area contributed by atoms with E-state index in [4.69, 9.17) is 5.84 Å². The quantitative estimate of drug-likeness (QED) is 0.274. The second-order valence-electron chi connectivity index (χ2n) is 4.03. The van der Waals surface area contributed by atoms with Crippen LogP contribution in [0.2, 0.25) is 0 Å². The summed E-state index contributed by atoms with van der Waals surface area (Å²) in [7, 11) is 0. The molecule has 0 aliphatic heterocycles. The van der Waals surface area contributed by atoms with Crippen LogP contribution in [-0.4, -0.2) is 11.7 Å². The summed E-state index contributed by atoms with van der Waals surface area (Å²) in [6.07, 6.45) is 3.32. The first kappa shape index (κ1) is 12.9. The Bertz CT molecular complexity index is 597. The number of ketones is 1. The molecule has 0 aliphatic carbocycles. The summed E-state index contributed by atoms with van der Waals surface area (Å²) in [5, 5.41) is 0. The van der Waals surface area contributed by atoms with E-state index in [1.54, 1.807) is 41.2 Å². The molecule has 0 unspecified atom stereocenters. The number of Topliss-reactive ketones (excluding diaryl/α,β-unsaturated/α-hetero) is 1. The van der Waals surface area contributed by atoms with Crippen LogP contribution in [0.5, 0.6) is 0 Å². The van der Waals surface area contributed by atoms with Crippen molar-refractivity contribution in [1.29, 1.82) is 0 Å². The van der Waals surface area contributed by atoms with Crippen LogP contribution in [0.4, 0.5) is 0 Å². The minimum absolute atomic E-state index is 0.0177. The molecule has 5 nitrogen and oxygen atoms in total. The SMILES string of the molecule is NNC(=O)c1ccc[n+](CC(=O)c2ccccc2)c1. The number of amides is 1. The van der Waals surface area contributed by atoms with Gasteiger partial charge in [-0.1, -0.05) is 30.3 Å². The molecule has 0 saturated carbocycles. The van der Waals surface area contributed by atoms with Crippen LogP contribution in [-0.2, 0) is 6.54 Å². The molecule has 0 radical (unpaired) electrons. The van der Waals surface area contributed by atoms with Gasteiger partial charge in [0.2, 0.25) is 12.3 Å². The van der Waals surface area contributed by atoms with Gasteiger partial charge in [-0.2, -0.15) is 4.57 Å². The average molecular weight is 256 g/mol. The molecule has 3 N–H and O–H groups in total. The van der Waals surface area contributed by atoms with Gasteiger partial charge in [-0.25, -0.2) is 5.84 Å². The average Bonchev–Trinajstić information content (AvgIpc) is 2.47. The zero-order valence-corrected chi connectivity index (χ0v) is 10.2. The molecule has 1 aromatic carbocycles. The minimum atomic E-state index is -0.387. The molecule has 0 atom stereocenters. The summed E-state index contributed by atoms with van der Waals surface area (Å²) in [4.78, 5) is 23.4. The highest BCUT2D eigenvalue weighted by Crippen LogP contribution is 2.00. The molecule has 2 rings (SSSR count). The molecular weight excluding hydrogens is 242 g/mol. The van der Waals surface area contributed by atoms with Gasteiger partial charge in [0.25, 0.3) is 5.91 Å². The molecule has 96 valence electrons. The lowest BCUT2D eigenvalue weighted by Gasteiger charge is -2.00. The van der Waals surface area contributed by atoms with E-state index < -0.39 is 0 Å². The van der Waals surface area contributed by atoms with Gasteiger partial charge in [0.1, 0.15) is 5.56 Å². The Morgan fingerprint density at radius 3 is 2.42 bits per heavy atom. The van der Waals surface area contributed by atoms with Gasteiger partial charge in [0.05, 0.1) is 0 Å². The molecule has 0 spiro atoms. The maximum absolute atomic E-state index is 12.0. The van der Waals surface area contributed by atoms with Gasteiger partial charge in [-0.3, -0.25) is 15.0 Å². The highest BCUT2D eigenvalue weighted by Gasteiger charge is 2.14. The Balaban J connectivity index is 2.16. The Labute approximate surface area is 110 Å². The number of nitrogens with two attached hydrogens (primary N) is 1. The lowest BCUT2D eigenvalue weighted by molar-refractivity contribution is -0.683. The third kappa shape index (κ3) is 3.23. The smallest absolute Gasteiger partial charge is 0.271 e. The Kier molecular flexibility index (Phi) is 4.00. The number of carbonyl (C=O) groups is 2. The zero-order valence-electron chi connectivity index (χ0n) is 10.2. The Morgan fingerprint density at radius 2 is 1.74 bits per heavy atom. The number of hydrogen-bond acceptors (Lipinski definition) is 3. The summed E-state index contributed by atoms with van der Waals surface area (Å²) >= 11 is 0. The van der Waals surface area contributed by atoms with E-state index in [9.17, 15) is 9.59 Å². The minimum Gasteiger partial charge on any atom is -0.290 e. The number of hydrazine groups is 1. The van der Waals surface area contributed by atoms with Gasteiger partial charge < -0.3 is 0 Å². The topological polar surface area (TPSA) is 76.1 Å². The fourth-order valence-corrected chi connectivity index (χ4v) is 1.72. The first-order valence-electron chi connectivity index (χ1n) is 5.79. The number of aromatic nitrogens is 1. The van der Waals surface area contributed by atoms with Crippen LogP contribution in [0.15, 0.2) is 54.9 Å². The first-order valence-corrected chi connectivity index (χ1v) is 5.79. The third-order valence-electron chi connectivity index (χ3n) is 2.67. The predicted octanol–water partition coefficient (Wildman–Crippen LogP) is 0.460. The van der Waals surface area contributed by atoms with E-state index in [0.717, 1.165) is 0 Å². The molecule has 1 amide bonds. The molecule has 19 heavy (non-hydrogen) atoms. The molecule has 0 saturated heterocycles. The fourth-order valence-electron chi connectivity index (χ4n) is 1.72. The number of nitrogens with one attached hydrogen (secondary N) is 1. The first-order chi connectivity index (χ1) is 9.20. The Morgan fingerprint density at radius 1 is 1.05 bits per heavy atom. The molecule has 0 aliphatic rings. The monoisotopic (exact) mass is 256 g/mol. The van der Waals surface area contributed by atoms with Crippen molar-refractivity contribution in [2.45, 2.75) is 6.54 Å². The number of nitrogen functional groups attached to an aromatic ring is 1. The summed E-state index contributed by atoms with van der Waals surface area (Å²) in [5.74, 6) is 4.67. The van der Waals surface area contributed by atoms with E-state index in [-0.39, 0.29) is 18.2 Å². The second kappa shape index (κ2) is 5.88. The summed E-state index contributed by atoms with van der Waals surface area (Å²) in [6, 6.07) is 12.3. The fraction of sp³-hybridized carbons (Fsp3) is 0.0714. The van der Waals surface area contributed by atoms with Crippen molar-refractivity contribution >= 4 is 11.7 Å². The number of rotatable bonds is 4. The van der Waals surface area contributed by atoms with Crippen LogP contribution in [0, 0.1) is 0 Å². The summed E-state index contributed by atoms with van der Waals surface area (Å²) < 4.78 is 1.65. The maximum atomic E-state index is 12.0. The number of pyridine rings is 1. The summed E-state index contributed by atoms with van der Waals surface area (Å²) in [5.41, 5.74) is 3.11. The molecule has 0 fully saturated rings. The summed E-state index contributed by atoms with van der Waals surface area (Å²) in [6.45, 7) is 0.176. The van der Waals surface area contributed by atoms with E-state index in [1.807, 2.05) is 18.2 Å². The zero-order chi connectivity index (χ0) is 13.7. The highest BCUT2D eigenvalue weighted by molar-refractivity contribution is 5.95. The number of nitrogens with zero attached hydrogens (tertiary/aromatic N) is 1. The third-order valence-corrected chi connectivity index (χ3v) is 2.67. The van der Waals surface area contributed by atoms with E-state index in [0.29, 0.717) is 11.1 Å². The van der Waals surface area contributed by atoms with E-state index >= 15 is 0 Å². The number of hydrogen-bond donors (Lipinski definition) is 2. The Hall–Kier alpha value is -2.53. The van der Waals surface area contributed by atoms with Gasteiger partial charge in [-0.15, -0.1) is 0 Å². The van der Waals surface area contributed by atoms with Crippen molar-refractivity contribution in [2.75, 3.05) is 0 Å². The molecule has 0 bridgehead atoms. The largest absolute Gasteiger partial charge is 0.290 e. The van der Waals surface area contributed by atoms with Crippen molar-refractivity contribution in [3.8, 4) is 0 Å². The van der Waals surface area contributed by atoms with Gasteiger partial charge in [-0.05, 0) is 6.07 Å². The molecule has 1 heterocycles. The molecule has 1 aromatic heterocycles. The van der Waals surface area contributed by atoms with Crippen molar-refractivity contribution in [1.82, 2.24) is 5.43 Å². The van der Waals surface area contributed by atoms with Crippen molar-refractivity contribution in [3.63, 3.8) is 0 Å². The van der Waals surface area contributed by atoms with Gasteiger partial charge in [0.15, 0.2) is 12.4 Å². The van der Waals surface area contributed by atoms with Crippen molar-refractivity contribution in [2.24, 2.45) is 5.84 Å². The number of carbonyl (C=O) groups excluding carboxylic acids is 2. The van der Waals surface area contributed by atoms with Gasteiger partial charge >= 0.3 is 0 Å². The lowest BCUT2D eigenvalue weighted by Crippen LogP contribution is -2.39. The van der Waals surface area contributed by atoms with Gasteiger partial charge in [0, 0.05) is 11.6 Å². The van der Waals surface area contributed by atoms with E-state index in [2.05, 4.69) is 5.43 Å². The second-order valence-corrected chi connectivity index (χ2v) is 4.03. The molecule has 5 heteroatoms. The van der Waals surface area contributed by atoms with Crippen molar-refractivity contribution < 1.29 is 14.2 Å². The lowest BCUT2D eigenvalue weighted by atomic mass is 10.1. The maximum Gasteiger partial charge on any atom is 0.271 e. The van der Waals surface area contributed by atoms with Crippen LogP contribution < -0.4 is 15.8 Å². The van der Waals surface area contributed by atoms with E-state index in [1.165, 1.54) is 0 Å². The standard InChI is InChI=1S/C14H13N3O2/c15-16-14(19)12-7-4-8-17(9-12)10-13(18)11-5-2-1-3-6-11/h1-9H,10,15H2/p+1. The molecule has 2 aromatic rings. The normalized spacial score (nSPS) is 9.95. The van der Waals surface area contributed by atoms with Crippen LogP contribution in [0.3, 0.4) is 0 Å². The predicted molar refractivity (Wildman–Crippen MR) is 69.1 cm³/mol. The molecular formula is C14H14N3O2+. The van der Waals surface area contributed by atoms with Crippen LogP contribution >= 0.6 is 0 Å². The van der Waals surface area contributed by atoms with Crippen LogP contribution in [0.25, 0.3) is 0 Å².